The molecule has 0 radical (unpaired) electrons. The lowest BCUT2D eigenvalue weighted by atomic mass is 9.95. The third kappa shape index (κ3) is 5.95. The Labute approximate surface area is 130 Å². The van der Waals surface area contributed by atoms with Crippen LogP contribution in [0.25, 0.3) is 0 Å². The summed E-state index contributed by atoms with van der Waals surface area (Å²) in [5, 5.41) is 3.08. The Bertz CT molecular complexity index is 313. The van der Waals surface area contributed by atoms with Gasteiger partial charge in [0, 0.05) is 6.04 Å². The molecule has 1 aliphatic rings. The minimum atomic E-state index is -0.570. The van der Waals surface area contributed by atoms with E-state index in [1.165, 1.54) is 38.6 Å². The zero-order chi connectivity index (χ0) is 15.9. The number of rotatable bonds is 10. The first-order valence-corrected chi connectivity index (χ1v) is 8.62. The van der Waals surface area contributed by atoms with Crippen molar-refractivity contribution in [3.63, 3.8) is 0 Å². The molecule has 1 unspecified atom stereocenters. The molecule has 124 valence electrons. The van der Waals surface area contributed by atoms with Crippen LogP contribution in [0.3, 0.4) is 0 Å². The van der Waals surface area contributed by atoms with Gasteiger partial charge in [-0.3, -0.25) is 4.79 Å². The van der Waals surface area contributed by atoms with Crippen LogP contribution in [0.1, 0.15) is 65.7 Å². The van der Waals surface area contributed by atoms with E-state index in [1.807, 2.05) is 14.0 Å². The van der Waals surface area contributed by atoms with Crippen LogP contribution < -0.4 is 11.1 Å². The van der Waals surface area contributed by atoms with E-state index < -0.39 is 5.54 Å². The Hall–Kier alpha value is -0.610. The summed E-state index contributed by atoms with van der Waals surface area (Å²) in [6, 6.07) is 0.762. The van der Waals surface area contributed by atoms with Gasteiger partial charge >= 0.3 is 0 Å². The molecule has 0 bridgehead atoms. The summed E-state index contributed by atoms with van der Waals surface area (Å²) in [6.07, 6.45) is 8.53. The number of carbonyl (C=O) groups excluding carboxylic acids is 1. The van der Waals surface area contributed by atoms with Crippen LogP contribution >= 0.6 is 0 Å². The molecular formula is C17H35N3O. The molecule has 21 heavy (non-hydrogen) atoms. The number of likely N-dealkylation sites (N-methyl/N-ethyl adjacent to an activating group) is 1. The van der Waals surface area contributed by atoms with Gasteiger partial charge in [-0.25, -0.2) is 0 Å². The van der Waals surface area contributed by atoms with Gasteiger partial charge in [0.05, 0.1) is 5.54 Å². The van der Waals surface area contributed by atoms with Gasteiger partial charge in [0.15, 0.2) is 0 Å². The molecule has 0 aliphatic heterocycles. The molecule has 0 heterocycles. The molecule has 0 spiro atoms. The zero-order valence-electron chi connectivity index (χ0n) is 14.5. The van der Waals surface area contributed by atoms with Gasteiger partial charge in [0.25, 0.3) is 0 Å². The number of nitrogens with one attached hydrogen (secondary N) is 1. The summed E-state index contributed by atoms with van der Waals surface area (Å²) >= 11 is 0. The first kappa shape index (κ1) is 18.4. The molecule has 1 fully saturated rings. The fourth-order valence-corrected chi connectivity index (χ4v) is 3.18. The average molecular weight is 297 g/mol. The van der Waals surface area contributed by atoms with Crippen LogP contribution in [0.2, 0.25) is 0 Å². The summed E-state index contributed by atoms with van der Waals surface area (Å²) in [7, 11) is 1.82. The Balaban J connectivity index is 2.46. The van der Waals surface area contributed by atoms with Crippen molar-refractivity contribution in [3.05, 3.63) is 0 Å². The second kappa shape index (κ2) is 8.74. The van der Waals surface area contributed by atoms with E-state index in [4.69, 9.17) is 5.73 Å². The Morgan fingerprint density at radius 3 is 2.43 bits per heavy atom. The van der Waals surface area contributed by atoms with Gasteiger partial charge < -0.3 is 16.0 Å². The van der Waals surface area contributed by atoms with E-state index in [2.05, 4.69) is 24.1 Å². The molecular weight excluding hydrogens is 262 g/mol. The molecule has 1 saturated carbocycles. The second-order valence-corrected chi connectivity index (χ2v) is 7.21. The van der Waals surface area contributed by atoms with Crippen molar-refractivity contribution < 1.29 is 4.79 Å². The standard InChI is InChI=1S/C17H35N3O/c1-14(2)10-13-20(15-8-5-6-9-15)12-7-11-17(3,19-4)16(18)21/h14-15,19H,5-13H2,1-4H3,(H2,18,21). The molecule has 1 aliphatic carbocycles. The molecule has 4 nitrogen and oxygen atoms in total. The average Bonchev–Trinajstić information content (AvgIpc) is 2.95. The summed E-state index contributed by atoms with van der Waals surface area (Å²) < 4.78 is 0. The van der Waals surface area contributed by atoms with E-state index in [-0.39, 0.29) is 5.91 Å². The van der Waals surface area contributed by atoms with Crippen LogP contribution in [0.15, 0.2) is 0 Å². The van der Waals surface area contributed by atoms with Crippen LogP contribution in [-0.4, -0.2) is 42.5 Å². The van der Waals surface area contributed by atoms with Gasteiger partial charge in [-0.05, 0) is 65.1 Å². The number of nitrogens with two attached hydrogens (primary N) is 1. The van der Waals surface area contributed by atoms with Crippen molar-refractivity contribution in [2.45, 2.75) is 77.3 Å². The topological polar surface area (TPSA) is 58.4 Å². The van der Waals surface area contributed by atoms with Gasteiger partial charge in [-0.15, -0.1) is 0 Å². The summed E-state index contributed by atoms with van der Waals surface area (Å²) in [5.74, 6) is 0.502. The largest absolute Gasteiger partial charge is 0.368 e. The summed E-state index contributed by atoms with van der Waals surface area (Å²) in [4.78, 5) is 14.2. The SMILES string of the molecule is CNC(C)(CCCN(CCC(C)C)C1CCCC1)C(N)=O. The van der Waals surface area contributed by atoms with Crippen molar-refractivity contribution in [1.82, 2.24) is 10.2 Å². The highest BCUT2D eigenvalue weighted by Crippen LogP contribution is 2.25. The molecule has 1 rings (SSSR count). The lowest BCUT2D eigenvalue weighted by Crippen LogP contribution is -2.51. The fraction of sp³-hybridized carbons (Fsp3) is 0.941. The third-order valence-corrected chi connectivity index (χ3v) is 5.05. The smallest absolute Gasteiger partial charge is 0.237 e. The molecule has 0 saturated heterocycles. The van der Waals surface area contributed by atoms with Crippen LogP contribution in [-0.2, 0) is 4.79 Å². The Morgan fingerprint density at radius 1 is 1.33 bits per heavy atom. The Kier molecular flexibility index (Phi) is 7.67. The molecule has 3 N–H and O–H groups in total. The highest BCUT2D eigenvalue weighted by atomic mass is 16.1. The molecule has 0 aromatic carbocycles. The molecule has 1 amide bonds. The van der Waals surface area contributed by atoms with Gasteiger partial charge in [0.1, 0.15) is 0 Å². The lowest BCUT2D eigenvalue weighted by Gasteiger charge is -2.31. The van der Waals surface area contributed by atoms with Gasteiger partial charge in [-0.2, -0.15) is 0 Å². The fourth-order valence-electron chi connectivity index (χ4n) is 3.18. The van der Waals surface area contributed by atoms with E-state index in [0.717, 1.165) is 31.3 Å². The monoisotopic (exact) mass is 297 g/mol. The van der Waals surface area contributed by atoms with Crippen LogP contribution in [0, 0.1) is 5.92 Å². The summed E-state index contributed by atoms with van der Waals surface area (Å²) in [5.41, 5.74) is 4.93. The quantitative estimate of drug-likeness (QED) is 0.651. The minimum absolute atomic E-state index is 0.250. The van der Waals surface area contributed by atoms with Crippen molar-refractivity contribution >= 4 is 5.91 Å². The van der Waals surface area contributed by atoms with E-state index in [9.17, 15) is 4.79 Å². The first-order valence-electron chi connectivity index (χ1n) is 8.62. The maximum atomic E-state index is 11.5. The number of amides is 1. The maximum Gasteiger partial charge on any atom is 0.237 e. The predicted octanol–water partition coefficient (Wildman–Crippen LogP) is 2.52. The van der Waals surface area contributed by atoms with Gasteiger partial charge in [0.2, 0.25) is 5.91 Å². The molecule has 1 atom stereocenters. The number of hydrogen-bond donors (Lipinski definition) is 2. The van der Waals surface area contributed by atoms with E-state index in [0.29, 0.717) is 0 Å². The zero-order valence-corrected chi connectivity index (χ0v) is 14.5. The first-order chi connectivity index (χ1) is 9.89. The van der Waals surface area contributed by atoms with Crippen molar-refractivity contribution in [2.75, 3.05) is 20.1 Å². The summed E-state index contributed by atoms with van der Waals surface area (Å²) in [6.45, 7) is 8.76. The second-order valence-electron chi connectivity index (χ2n) is 7.21. The van der Waals surface area contributed by atoms with Crippen LogP contribution in [0.5, 0.6) is 0 Å². The lowest BCUT2D eigenvalue weighted by molar-refractivity contribution is -0.123. The van der Waals surface area contributed by atoms with Crippen LogP contribution in [0.4, 0.5) is 0 Å². The van der Waals surface area contributed by atoms with E-state index in [1.54, 1.807) is 0 Å². The minimum Gasteiger partial charge on any atom is -0.368 e. The number of hydrogen-bond acceptors (Lipinski definition) is 3. The molecule has 0 aromatic rings. The number of primary amides is 1. The number of carbonyl (C=O) groups is 1. The molecule has 4 heteroatoms. The highest BCUT2D eigenvalue weighted by Gasteiger charge is 2.29. The molecule has 0 aromatic heterocycles. The normalized spacial score (nSPS) is 19.3. The van der Waals surface area contributed by atoms with Gasteiger partial charge in [-0.1, -0.05) is 26.7 Å². The predicted molar refractivity (Wildman–Crippen MR) is 89.2 cm³/mol. The van der Waals surface area contributed by atoms with Crippen molar-refractivity contribution in [3.8, 4) is 0 Å². The highest BCUT2D eigenvalue weighted by molar-refractivity contribution is 5.84. The number of nitrogens with zero attached hydrogens (tertiary/aromatic N) is 1. The van der Waals surface area contributed by atoms with Crippen molar-refractivity contribution in [1.29, 1.82) is 0 Å². The van der Waals surface area contributed by atoms with Crippen molar-refractivity contribution in [2.24, 2.45) is 11.7 Å². The maximum absolute atomic E-state index is 11.5. The van der Waals surface area contributed by atoms with E-state index >= 15 is 0 Å². The third-order valence-electron chi connectivity index (χ3n) is 5.05. The Morgan fingerprint density at radius 2 is 1.95 bits per heavy atom.